The Labute approximate surface area is 82.5 Å². The van der Waals surface area contributed by atoms with Crippen LogP contribution in [0.15, 0.2) is 12.1 Å². The highest BCUT2D eigenvalue weighted by atomic mass is 19.1. The molecular weight excluding hydrogens is 181 g/mol. The first kappa shape index (κ1) is 9.46. The molecule has 1 aromatic carbocycles. The van der Waals surface area contributed by atoms with E-state index in [4.69, 9.17) is 5.73 Å². The largest absolute Gasteiger partial charge is 0.505 e. The van der Waals surface area contributed by atoms with Crippen molar-refractivity contribution >= 4 is 0 Å². The zero-order valence-corrected chi connectivity index (χ0v) is 8.13. The second-order valence-corrected chi connectivity index (χ2v) is 4.00. The number of rotatable bonds is 2. The van der Waals surface area contributed by atoms with Crippen molar-refractivity contribution in [3.63, 3.8) is 0 Å². The Balaban J connectivity index is 2.38. The Morgan fingerprint density at radius 3 is 2.71 bits per heavy atom. The van der Waals surface area contributed by atoms with E-state index < -0.39 is 5.82 Å². The molecule has 3 heteroatoms. The molecule has 0 bridgehead atoms. The summed E-state index contributed by atoms with van der Waals surface area (Å²) in [5.41, 5.74) is 6.88. The standard InChI is InChI=1S/C11H14FNO/c1-6-2-5-8(11(14)9(6)12)10(13)7-3-4-7/h2,5,7,10,14H,3-4,13H2,1H3. The molecule has 0 saturated heterocycles. The van der Waals surface area contributed by atoms with Gasteiger partial charge in [-0.25, -0.2) is 4.39 Å². The fraction of sp³-hybridized carbons (Fsp3) is 0.455. The average molecular weight is 195 g/mol. The maximum absolute atomic E-state index is 13.3. The number of phenolic OH excluding ortho intramolecular Hbond substituents is 1. The number of aromatic hydroxyl groups is 1. The molecule has 3 N–H and O–H groups in total. The van der Waals surface area contributed by atoms with E-state index >= 15 is 0 Å². The third kappa shape index (κ3) is 1.48. The van der Waals surface area contributed by atoms with Crippen molar-refractivity contribution in [3.8, 4) is 5.75 Å². The maximum Gasteiger partial charge on any atom is 0.168 e. The number of benzene rings is 1. The first-order valence-electron chi connectivity index (χ1n) is 4.85. The van der Waals surface area contributed by atoms with Gasteiger partial charge >= 0.3 is 0 Å². The van der Waals surface area contributed by atoms with Gasteiger partial charge in [-0.2, -0.15) is 0 Å². The van der Waals surface area contributed by atoms with Gasteiger partial charge < -0.3 is 10.8 Å². The molecule has 14 heavy (non-hydrogen) atoms. The van der Waals surface area contributed by atoms with Crippen LogP contribution in [-0.4, -0.2) is 5.11 Å². The second-order valence-electron chi connectivity index (χ2n) is 4.00. The van der Waals surface area contributed by atoms with Crippen molar-refractivity contribution in [3.05, 3.63) is 29.1 Å². The van der Waals surface area contributed by atoms with Gasteiger partial charge in [0.25, 0.3) is 0 Å². The van der Waals surface area contributed by atoms with E-state index in [2.05, 4.69) is 0 Å². The molecule has 0 aliphatic heterocycles. The SMILES string of the molecule is Cc1ccc(C(N)C2CC2)c(O)c1F. The summed E-state index contributed by atoms with van der Waals surface area (Å²) in [6.45, 7) is 1.63. The van der Waals surface area contributed by atoms with Crippen LogP contribution in [0.3, 0.4) is 0 Å². The lowest BCUT2D eigenvalue weighted by Gasteiger charge is -2.13. The summed E-state index contributed by atoms with van der Waals surface area (Å²) in [7, 11) is 0. The van der Waals surface area contributed by atoms with Crippen LogP contribution in [0.2, 0.25) is 0 Å². The summed E-state index contributed by atoms with van der Waals surface area (Å²) in [5, 5.41) is 9.57. The smallest absolute Gasteiger partial charge is 0.168 e. The Bertz CT molecular complexity index is 361. The second kappa shape index (κ2) is 3.24. The molecule has 1 aromatic rings. The van der Waals surface area contributed by atoms with Crippen LogP contribution in [0.4, 0.5) is 4.39 Å². The summed E-state index contributed by atoms with van der Waals surface area (Å²) in [6.07, 6.45) is 2.16. The first-order valence-corrected chi connectivity index (χ1v) is 4.85. The zero-order valence-electron chi connectivity index (χ0n) is 8.13. The van der Waals surface area contributed by atoms with Gasteiger partial charge in [0, 0.05) is 11.6 Å². The minimum atomic E-state index is -0.543. The fourth-order valence-corrected chi connectivity index (χ4v) is 1.66. The molecule has 0 radical (unpaired) electrons. The van der Waals surface area contributed by atoms with Crippen LogP contribution < -0.4 is 5.73 Å². The minimum absolute atomic E-state index is 0.218. The van der Waals surface area contributed by atoms with E-state index in [9.17, 15) is 9.50 Å². The lowest BCUT2D eigenvalue weighted by molar-refractivity contribution is 0.415. The molecule has 0 amide bonds. The molecule has 1 unspecified atom stereocenters. The summed E-state index contributed by atoms with van der Waals surface area (Å²) in [4.78, 5) is 0. The average Bonchev–Trinajstić information content (AvgIpc) is 2.97. The summed E-state index contributed by atoms with van der Waals surface area (Å²) < 4.78 is 13.3. The zero-order chi connectivity index (χ0) is 10.3. The number of aryl methyl sites for hydroxylation is 1. The summed E-state index contributed by atoms with van der Waals surface area (Å²) in [6, 6.07) is 3.16. The van der Waals surface area contributed by atoms with Crippen molar-refractivity contribution in [1.29, 1.82) is 0 Å². The van der Waals surface area contributed by atoms with Crippen molar-refractivity contribution in [2.75, 3.05) is 0 Å². The first-order chi connectivity index (χ1) is 6.61. The number of phenols is 1. The molecule has 1 atom stereocenters. The van der Waals surface area contributed by atoms with Gasteiger partial charge in [0.05, 0.1) is 0 Å². The molecular formula is C11H14FNO. The number of halogens is 1. The van der Waals surface area contributed by atoms with Crippen molar-refractivity contribution in [2.45, 2.75) is 25.8 Å². The van der Waals surface area contributed by atoms with Gasteiger partial charge in [0.15, 0.2) is 11.6 Å². The monoisotopic (exact) mass is 195 g/mol. The van der Waals surface area contributed by atoms with E-state index in [0.29, 0.717) is 17.0 Å². The predicted molar refractivity (Wildman–Crippen MR) is 52.5 cm³/mol. The van der Waals surface area contributed by atoms with Crippen LogP contribution in [0, 0.1) is 18.7 Å². The van der Waals surface area contributed by atoms with Gasteiger partial charge in [-0.1, -0.05) is 12.1 Å². The molecule has 0 aromatic heterocycles. The molecule has 2 nitrogen and oxygen atoms in total. The highest BCUT2D eigenvalue weighted by molar-refractivity contribution is 5.40. The summed E-state index contributed by atoms with van der Waals surface area (Å²) >= 11 is 0. The van der Waals surface area contributed by atoms with E-state index in [1.165, 1.54) is 0 Å². The minimum Gasteiger partial charge on any atom is -0.505 e. The normalized spacial score (nSPS) is 18.2. The maximum atomic E-state index is 13.3. The van der Waals surface area contributed by atoms with Gasteiger partial charge in [-0.3, -0.25) is 0 Å². The summed E-state index contributed by atoms with van der Waals surface area (Å²) in [5.74, 6) is -0.397. The van der Waals surface area contributed by atoms with Crippen molar-refractivity contribution < 1.29 is 9.50 Å². The fourth-order valence-electron chi connectivity index (χ4n) is 1.66. The van der Waals surface area contributed by atoms with Gasteiger partial charge in [0.1, 0.15) is 0 Å². The van der Waals surface area contributed by atoms with Crippen molar-refractivity contribution in [2.24, 2.45) is 11.7 Å². The molecule has 0 spiro atoms. The molecule has 1 aliphatic rings. The van der Waals surface area contributed by atoms with Crippen LogP contribution in [0.5, 0.6) is 5.75 Å². The predicted octanol–water partition coefficient (Wildman–Crippen LogP) is 2.25. The highest BCUT2D eigenvalue weighted by Crippen LogP contribution is 2.42. The molecule has 1 aliphatic carbocycles. The lowest BCUT2D eigenvalue weighted by atomic mass is 10.0. The Morgan fingerprint density at radius 2 is 2.14 bits per heavy atom. The van der Waals surface area contributed by atoms with Gasteiger partial charge in [-0.05, 0) is 31.2 Å². The number of hydrogen-bond donors (Lipinski definition) is 2. The lowest BCUT2D eigenvalue weighted by Crippen LogP contribution is -2.13. The number of nitrogens with two attached hydrogens (primary N) is 1. The Hall–Kier alpha value is -1.09. The third-order valence-corrected chi connectivity index (χ3v) is 2.83. The molecule has 1 saturated carbocycles. The van der Waals surface area contributed by atoms with Crippen molar-refractivity contribution in [1.82, 2.24) is 0 Å². The molecule has 0 heterocycles. The van der Waals surface area contributed by atoms with Gasteiger partial charge in [0.2, 0.25) is 0 Å². The Kier molecular flexibility index (Phi) is 2.19. The van der Waals surface area contributed by atoms with Crippen LogP contribution in [0.1, 0.15) is 30.0 Å². The number of hydrogen-bond acceptors (Lipinski definition) is 2. The van der Waals surface area contributed by atoms with Crippen LogP contribution in [-0.2, 0) is 0 Å². The highest BCUT2D eigenvalue weighted by Gasteiger charge is 2.31. The van der Waals surface area contributed by atoms with E-state index in [-0.39, 0.29) is 11.8 Å². The van der Waals surface area contributed by atoms with E-state index in [1.54, 1.807) is 19.1 Å². The van der Waals surface area contributed by atoms with E-state index in [0.717, 1.165) is 12.8 Å². The Morgan fingerprint density at radius 1 is 1.50 bits per heavy atom. The third-order valence-electron chi connectivity index (χ3n) is 2.83. The molecule has 1 fully saturated rings. The van der Waals surface area contributed by atoms with E-state index in [1.807, 2.05) is 0 Å². The topological polar surface area (TPSA) is 46.2 Å². The van der Waals surface area contributed by atoms with Crippen LogP contribution >= 0.6 is 0 Å². The van der Waals surface area contributed by atoms with Gasteiger partial charge in [-0.15, -0.1) is 0 Å². The quantitative estimate of drug-likeness (QED) is 0.760. The molecule has 76 valence electrons. The molecule has 2 rings (SSSR count). The van der Waals surface area contributed by atoms with Crippen LogP contribution in [0.25, 0.3) is 0 Å².